The minimum absolute atomic E-state index is 0.0736. The molecule has 1 atom stereocenters. The van der Waals surface area contributed by atoms with Crippen molar-refractivity contribution < 1.29 is 13.2 Å². The Labute approximate surface area is 109 Å². The normalized spacial score (nSPS) is 13.8. The van der Waals surface area contributed by atoms with Gasteiger partial charge in [-0.25, -0.2) is 4.98 Å². The van der Waals surface area contributed by atoms with Crippen LogP contribution in [0.2, 0.25) is 0 Å². The molecular weight excluding hydrogens is 263 g/mol. The van der Waals surface area contributed by atoms with E-state index in [0.717, 1.165) is 10.7 Å². The molecule has 3 N–H and O–H groups in total. The monoisotopic (exact) mass is 281 g/mol. The fourth-order valence-electron chi connectivity index (χ4n) is 1.40. The standard InChI is InChI=1S/C11H18F3N3S/c1-8(15)10-17-9(7-18-10)6-16-5-3-2-4-11(12,13)14/h7-8,16H,2-6,15H2,1H3. The van der Waals surface area contributed by atoms with Crippen LogP contribution in [-0.4, -0.2) is 17.7 Å². The van der Waals surface area contributed by atoms with E-state index < -0.39 is 12.6 Å². The fraction of sp³-hybridized carbons (Fsp3) is 0.727. The Kier molecular flexibility index (Phi) is 6.04. The van der Waals surface area contributed by atoms with E-state index in [4.69, 9.17) is 5.73 Å². The molecule has 0 radical (unpaired) electrons. The van der Waals surface area contributed by atoms with Crippen molar-refractivity contribution in [1.82, 2.24) is 10.3 Å². The Morgan fingerprint density at radius 2 is 2.17 bits per heavy atom. The van der Waals surface area contributed by atoms with Crippen LogP contribution in [-0.2, 0) is 6.54 Å². The largest absolute Gasteiger partial charge is 0.389 e. The molecule has 1 rings (SSSR count). The van der Waals surface area contributed by atoms with Crippen molar-refractivity contribution in [1.29, 1.82) is 0 Å². The van der Waals surface area contributed by atoms with Crippen LogP contribution < -0.4 is 11.1 Å². The fourth-order valence-corrected chi connectivity index (χ4v) is 2.18. The van der Waals surface area contributed by atoms with Crippen molar-refractivity contribution in [3.05, 3.63) is 16.1 Å². The smallest absolute Gasteiger partial charge is 0.322 e. The predicted octanol–water partition coefficient (Wildman–Crippen LogP) is 2.99. The lowest BCUT2D eigenvalue weighted by atomic mass is 10.2. The van der Waals surface area contributed by atoms with Crippen molar-refractivity contribution in [3.8, 4) is 0 Å². The van der Waals surface area contributed by atoms with Gasteiger partial charge >= 0.3 is 6.18 Å². The first-order valence-corrected chi connectivity index (χ1v) is 6.74. The summed E-state index contributed by atoms with van der Waals surface area (Å²) in [4.78, 5) is 4.32. The summed E-state index contributed by atoms with van der Waals surface area (Å²) in [7, 11) is 0. The van der Waals surface area contributed by atoms with Crippen molar-refractivity contribution in [2.24, 2.45) is 5.73 Å². The minimum Gasteiger partial charge on any atom is -0.322 e. The number of hydrogen-bond donors (Lipinski definition) is 2. The summed E-state index contributed by atoms with van der Waals surface area (Å²) in [5.74, 6) is 0. The van der Waals surface area contributed by atoms with Crippen LogP contribution in [0.5, 0.6) is 0 Å². The molecule has 104 valence electrons. The molecule has 1 aromatic rings. The predicted molar refractivity (Wildman–Crippen MR) is 66.3 cm³/mol. The van der Waals surface area contributed by atoms with E-state index >= 15 is 0 Å². The van der Waals surface area contributed by atoms with Crippen LogP contribution in [0.4, 0.5) is 13.2 Å². The molecule has 0 aliphatic rings. The first kappa shape index (κ1) is 15.4. The van der Waals surface area contributed by atoms with Gasteiger partial charge in [-0.1, -0.05) is 0 Å². The summed E-state index contributed by atoms with van der Waals surface area (Å²) in [5, 5.41) is 5.87. The third-order valence-electron chi connectivity index (χ3n) is 2.33. The second kappa shape index (κ2) is 7.06. The first-order valence-electron chi connectivity index (χ1n) is 5.86. The van der Waals surface area contributed by atoms with Crippen LogP contribution in [0.3, 0.4) is 0 Å². The van der Waals surface area contributed by atoms with E-state index in [1.54, 1.807) is 0 Å². The second-order valence-electron chi connectivity index (χ2n) is 4.21. The summed E-state index contributed by atoms with van der Waals surface area (Å²) < 4.78 is 35.6. The zero-order valence-corrected chi connectivity index (χ0v) is 11.1. The van der Waals surface area contributed by atoms with E-state index in [-0.39, 0.29) is 12.5 Å². The number of nitrogens with zero attached hydrogens (tertiary/aromatic N) is 1. The average molecular weight is 281 g/mol. The highest BCUT2D eigenvalue weighted by Crippen LogP contribution is 2.21. The van der Waals surface area contributed by atoms with Gasteiger partial charge in [0.05, 0.1) is 11.7 Å². The van der Waals surface area contributed by atoms with Crippen LogP contribution in [0.15, 0.2) is 5.38 Å². The van der Waals surface area contributed by atoms with Gasteiger partial charge in [0, 0.05) is 18.3 Å². The molecule has 0 saturated carbocycles. The van der Waals surface area contributed by atoms with Gasteiger partial charge < -0.3 is 11.1 Å². The lowest BCUT2D eigenvalue weighted by Crippen LogP contribution is -2.16. The molecule has 1 heterocycles. The van der Waals surface area contributed by atoms with E-state index in [1.807, 2.05) is 12.3 Å². The molecule has 0 spiro atoms. The molecule has 0 saturated heterocycles. The second-order valence-corrected chi connectivity index (χ2v) is 5.10. The highest BCUT2D eigenvalue weighted by Gasteiger charge is 2.25. The molecule has 1 aromatic heterocycles. The highest BCUT2D eigenvalue weighted by atomic mass is 32.1. The zero-order valence-electron chi connectivity index (χ0n) is 10.3. The molecule has 0 aliphatic carbocycles. The number of alkyl halides is 3. The lowest BCUT2D eigenvalue weighted by Gasteiger charge is -2.06. The van der Waals surface area contributed by atoms with Gasteiger partial charge in [0.15, 0.2) is 0 Å². The van der Waals surface area contributed by atoms with E-state index in [1.165, 1.54) is 11.3 Å². The molecule has 7 heteroatoms. The molecule has 0 bridgehead atoms. The quantitative estimate of drug-likeness (QED) is 0.755. The van der Waals surface area contributed by atoms with E-state index in [2.05, 4.69) is 10.3 Å². The number of nitrogens with one attached hydrogen (secondary N) is 1. The molecule has 0 aliphatic heterocycles. The van der Waals surface area contributed by atoms with Gasteiger partial charge in [-0.2, -0.15) is 13.2 Å². The molecule has 0 aromatic carbocycles. The van der Waals surface area contributed by atoms with Gasteiger partial charge in [-0.3, -0.25) is 0 Å². The summed E-state index contributed by atoms with van der Waals surface area (Å²) in [6.07, 6.45) is -4.07. The minimum atomic E-state index is -4.04. The molecular formula is C11H18F3N3S. The van der Waals surface area contributed by atoms with Gasteiger partial charge in [-0.15, -0.1) is 11.3 Å². The van der Waals surface area contributed by atoms with Crippen molar-refractivity contribution in [2.75, 3.05) is 6.54 Å². The van der Waals surface area contributed by atoms with Crippen molar-refractivity contribution >= 4 is 11.3 Å². The number of thiazole rings is 1. The maximum atomic E-state index is 11.9. The maximum Gasteiger partial charge on any atom is 0.389 e. The molecule has 0 fully saturated rings. The number of aromatic nitrogens is 1. The van der Waals surface area contributed by atoms with Crippen LogP contribution in [0.1, 0.15) is 42.9 Å². The van der Waals surface area contributed by atoms with Gasteiger partial charge in [0.2, 0.25) is 0 Å². The Bertz CT molecular complexity index is 350. The van der Waals surface area contributed by atoms with E-state index in [0.29, 0.717) is 19.5 Å². The van der Waals surface area contributed by atoms with Crippen LogP contribution >= 0.6 is 11.3 Å². The number of unbranched alkanes of at least 4 members (excludes halogenated alkanes) is 1. The van der Waals surface area contributed by atoms with E-state index in [9.17, 15) is 13.2 Å². The van der Waals surface area contributed by atoms with Crippen molar-refractivity contribution in [2.45, 2.75) is 44.9 Å². The number of hydrogen-bond acceptors (Lipinski definition) is 4. The van der Waals surface area contributed by atoms with Crippen LogP contribution in [0.25, 0.3) is 0 Å². The summed E-state index contributed by atoms with van der Waals surface area (Å²) >= 11 is 1.50. The SMILES string of the molecule is CC(N)c1nc(CNCCCCC(F)(F)F)cs1. The maximum absolute atomic E-state index is 11.9. The third kappa shape index (κ3) is 6.32. The average Bonchev–Trinajstić information content (AvgIpc) is 2.70. The Balaban J connectivity index is 2.10. The van der Waals surface area contributed by atoms with Gasteiger partial charge in [0.1, 0.15) is 5.01 Å². The topological polar surface area (TPSA) is 50.9 Å². The lowest BCUT2D eigenvalue weighted by molar-refractivity contribution is -0.135. The first-order chi connectivity index (χ1) is 8.38. The molecule has 3 nitrogen and oxygen atoms in total. The molecule has 0 amide bonds. The van der Waals surface area contributed by atoms with Gasteiger partial charge in [-0.05, 0) is 26.3 Å². The zero-order chi connectivity index (χ0) is 13.6. The molecule has 1 unspecified atom stereocenters. The Morgan fingerprint density at radius 3 is 2.72 bits per heavy atom. The van der Waals surface area contributed by atoms with Gasteiger partial charge in [0.25, 0.3) is 0 Å². The Morgan fingerprint density at radius 1 is 1.44 bits per heavy atom. The number of nitrogens with two attached hydrogens (primary N) is 1. The highest BCUT2D eigenvalue weighted by molar-refractivity contribution is 7.09. The number of rotatable bonds is 7. The number of halogens is 3. The summed E-state index contributed by atoms with van der Waals surface area (Å²) in [5.41, 5.74) is 6.57. The van der Waals surface area contributed by atoms with Crippen molar-refractivity contribution in [3.63, 3.8) is 0 Å². The molecule has 18 heavy (non-hydrogen) atoms. The summed E-state index contributed by atoms with van der Waals surface area (Å²) in [6, 6.07) is -0.0736. The van der Waals surface area contributed by atoms with Crippen LogP contribution in [0, 0.1) is 0 Å². The summed E-state index contributed by atoms with van der Waals surface area (Å²) in [6.45, 7) is 3.02. The Hall–Kier alpha value is -0.660. The third-order valence-corrected chi connectivity index (χ3v) is 3.42.